The summed E-state index contributed by atoms with van der Waals surface area (Å²) < 4.78 is 5.33. The molecule has 0 spiro atoms. The van der Waals surface area contributed by atoms with E-state index in [0.717, 1.165) is 6.42 Å². The van der Waals surface area contributed by atoms with Crippen LogP contribution in [-0.2, 0) is 9.53 Å². The fourth-order valence-electron chi connectivity index (χ4n) is 2.40. The molecule has 2 heterocycles. The molecule has 2 amide bonds. The van der Waals surface area contributed by atoms with Crippen molar-refractivity contribution in [2.45, 2.75) is 45.3 Å². The largest absolute Gasteiger partial charge is 0.444 e. The number of carbonyl (C=O) groups excluding carboxylic acids is 2. The molecule has 0 saturated carbocycles. The van der Waals surface area contributed by atoms with E-state index in [1.165, 1.54) is 0 Å². The Labute approximate surface area is 101 Å². The third kappa shape index (κ3) is 2.90. The van der Waals surface area contributed by atoms with Gasteiger partial charge in [-0.05, 0) is 33.1 Å². The first-order valence-electron chi connectivity index (χ1n) is 6.12. The van der Waals surface area contributed by atoms with Crippen LogP contribution in [0, 0.1) is 5.92 Å². The number of ether oxygens (including phenoxy) is 1. The van der Waals surface area contributed by atoms with Crippen LogP contribution in [0.5, 0.6) is 0 Å². The maximum Gasteiger partial charge on any atom is 0.410 e. The fourth-order valence-corrected chi connectivity index (χ4v) is 2.40. The first-order chi connectivity index (χ1) is 7.85. The summed E-state index contributed by atoms with van der Waals surface area (Å²) >= 11 is 0. The SMILES string of the molecule is CC(C)(C)OC(=O)N1CC2CCC(=O)NC2C1. The molecule has 5 heteroatoms. The van der Waals surface area contributed by atoms with Gasteiger partial charge in [0.05, 0.1) is 6.04 Å². The number of likely N-dealkylation sites (tertiary alicyclic amines) is 1. The molecule has 17 heavy (non-hydrogen) atoms. The molecule has 2 atom stereocenters. The number of nitrogens with one attached hydrogen (secondary N) is 1. The second-order valence-corrected chi connectivity index (χ2v) is 5.86. The van der Waals surface area contributed by atoms with Gasteiger partial charge in [0.1, 0.15) is 5.60 Å². The van der Waals surface area contributed by atoms with E-state index in [-0.39, 0.29) is 18.0 Å². The van der Waals surface area contributed by atoms with Crippen LogP contribution in [0.4, 0.5) is 4.79 Å². The average molecular weight is 240 g/mol. The normalized spacial score (nSPS) is 28.6. The van der Waals surface area contributed by atoms with E-state index in [9.17, 15) is 9.59 Å². The molecule has 0 aromatic rings. The molecule has 96 valence electrons. The predicted molar refractivity (Wildman–Crippen MR) is 62.5 cm³/mol. The topological polar surface area (TPSA) is 58.6 Å². The summed E-state index contributed by atoms with van der Waals surface area (Å²) in [5, 5.41) is 2.94. The number of hydrogen-bond donors (Lipinski definition) is 1. The van der Waals surface area contributed by atoms with Crippen LogP contribution in [0.2, 0.25) is 0 Å². The molecule has 2 unspecified atom stereocenters. The summed E-state index contributed by atoms with van der Waals surface area (Å²) in [6, 6.07) is 0.115. The minimum absolute atomic E-state index is 0.0947. The zero-order valence-electron chi connectivity index (χ0n) is 10.7. The van der Waals surface area contributed by atoms with Gasteiger partial charge in [-0.3, -0.25) is 4.79 Å². The predicted octanol–water partition coefficient (Wildman–Crippen LogP) is 1.13. The number of piperidine rings is 1. The molecule has 0 aromatic carbocycles. The molecule has 0 aromatic heterocycles. The van der Waals surface area contributed by atoms with Gasteiger partial charge < -0.3 is 15.0 Å². The highest BCUT2D eigenvalue weighted by Gasteiger charge is 2.39. The summed E-state index contributed by atoms with van der Waals surface area (Å²) in [7, 11) is 0. The van der Waals surface area contributed by atoms with Crippen molar-refractivity contribution in [3.8, 4) is 0 Å². The molecule has 2 saturated heterocycles. The van der Waals surface area contributed by atoms with E-state index >= 15 is 0 Å². The lowest BCUT2D eigenvalue weighted by Gasteiger charge is -2.24. The lowest BCUT2D eigenvalue weighted by Crippen LogP contribution is -2.44. The van der Waals surface area contributed by atoms with Crippen molar-refractivity contribution in [3.05, 3.63) is 0 Å². The number of carbonyl (C=O) groups is 2. The van der Waals surface area contributed by atoms with E-state index in [4.69, 9.17) is 4.74 Å². The van der Waals surface area contributed by atoms with Crippen molar-refractivity contribution in [1.29, 1.82) is 0 Å². The molecule has 0 radical (unpaired) electrons. The van der Waals surface area contributed by atoms with Gasteiger partial charge in [-0.15, -0.1) is 0 Å². The lowest BCUT2D eigenvalue weighted by molar-refractivity contribution is -0.123. The van der Waals surface area contributed by atoms with Crippen LogP contribution in [-0.4, -0.2) is 41.6 Å². The highest BCUT2D eigenvalue weighted by molar-refractivity contribution is 5.77. The molecule has 0 bridgehead atoms. The standard InChI is InChI=1S/C12H20N2O3/c1-12(2,3)17-11(16)14-6-8-4-5-10(15)13-9(8)7-14/h8-9H,4-7H2,1-3H3,(H,13,15). The minimum atomic E-state index is -0.464. The molecule has 5 nitrogen and oxygen atoms in total. The maximum atomic E-state index is 11.9. The second kappa shape index (κ2) is 4.20. The second-order valence-electron chi connectivity index (χ2n) is 5.86. The van der Waals surface area contributed by atoms with Crippen LogP contribution < -0.4 is 5.32 Å². The van der Waals surface area contributed by atoms with Crippen LogP contribution >= 0.6 is 0 Å². The maximum absolute atomic E-state index is 11.9. The summed E-state index contributed by atoms with van der Waals surface area (Å²) in [5.74, 6) is 0.484. The van der Waals surface area contributed by atoms with Crippen molar-refractivity contribution in [2.75, 3.05) is 13.1 Å². The molecule has 0 aliphatic carbocycles. The summed E-state index contributed by atoms with van der Waals surface area (Å²) in [4.78, 5) is 24.8. The van der Waals surface area contributed by atoms with Gasteiger partial charge in [-0.25, -0.2) is 4.79 Å². The van der Waals surface area contributed by atoms with Crippen molar-refractivity contribution in [3.63, 3.8) is 0 Å². The van der Waals surface area contributed by atoms with Crippen molar-refractivity contribution >= 4 is 12.0 Å². The minimum Gasteiger partial charge on any atom is -0.444 e. The Hall–Kier alpha value is -1.26. The molecule has 2 rings (SSSR count). The Morgan fingerprint density at radius 2 is 2.12 bits per heavy atom. The Morgan fingerprint density at radius 3 is 2.76 bits per heavy atom. The van der Waals surface area contributed by atoms with Crippen molar-refractivity contribution in [2.24, 2.45) is 5.92 Å². The zero-order chi connectivity index (χ0) is 12.6. The Bertz CT molecular complexity index is 335. The monoisotopic (exact) mass is 240 g/mol. The quantitative estimate of drug-likeness (QED) is 0.690. The average Bonchev–Trinajstić information content (AvgIpc) is 2.57. The van der Waals surface area contributed by atoms with Crippen LogP contribution in [0.25, 0.3) is 0 Å². The Balaban J connectivity index is 1.93. The van der Waals surface area contributed by atoms with Gasteiger partial charge in [-0.2, -0.15) is 0 Å². The number of fused-ring (bicyclic) bond motifs is 1. The van der Waals surface area contributed by atoms with Gasteiger partial charge >= 0.3 is 6.09 Å². The number of rotatable bonds is 0. The van der Waals surface area contributed by atoms with Crippen LogP contribution in [0.15, 0.2) is 0 Å². The van der Waals surface area contributed by atoms with E-state index in [2.05, 4.69) is 5.32 Å². The molecular weight excluding hydrogens is 220 g/mol. The third-order valence-electron chi connectivity index (χ3n) is 3.18. The Morgan fingerprint density at radius 1 is 1.41 bits per heavy atom. The number of amides is 2. The van der Waals surface area contributed by atoms with Crippen molar-refractivity contribution < 1.29 is 14.3 Å². The number of hydrogen-bond acceptors (Lipinski definition) is 3. The van der Waals surface area contributed by atoms with Crippen LogP contribution in [0.3, 0.4) is 0 Å². The smallest absolute Gasteiger partial charge is 0.410 e. The molecule has 1 N–H and O–H groups in total. The fraction of sp³-hybridized carbons (Fsp3) is 0.833. The zero-order valence-corrected chi connectivity index (χ0v) is 10.7. The third-order valence-corrected chi connectivity index (χ3v) is 3.18. The van der Waals surface area contributed by atoms with Crippen LogP contribution in [0.1, 0.15) is 33.6 Å². The van der Waals surface area contributed by atoms with E-state index in [0.29, 0.717) is 25.4 Å². The van der Waals surface area contributed by atoms with E-state index in [1.807, 2.05) is 20.8 Å². The molecule has 2 fully saturated rings. The van der Waals surface area contributed by atoms with Gasteiger partial charge in [0.25, 0.3) is 0 Å². The van der Waals surface area contributed by atoms with Crippen molar-refractivity contribution in [1.82, 2.24) is 10.2 Å². The molecular formula is C12H20N2O3. The first kappa shape index (κ1) is 12.2. The lowest BCUT2D eigenvalue weighted by atomic mass is 9.94. The van der Waals surface area contributed by atoms with Gasteiger partial charge in [0.2, 0.25) is 5.91 Å². The Kier molecular flexibility index (Phi) is 3.02. The van der Waals surface area contributed by atoms with Gasteiger partial charge in [0.15, 0.2) is 0 Å². The van der Waals surface area contributed by atoms with Gasteiger partial charge in [-0.1, -0.05) is 0 Å². The first-order valence-corrected chi connectivity index (χ1v) is 6.12. The molecule has 2 aliphatic rings. The highest BCUT2D eigenvalue weighted by Crippen LogP contribution is 2.26. The number of nitrogens with zero attached hydrogens (tertiary/aromatic N) is 1. The highest BCUT2D eigenvalue weighted by atomic mass is 16.6. The van der Waals surface area contributed by atoms with Gasteiger partial charge in [0, 0.05) is 19.5 Å². The summed E-state index contributed by atoms with van der Waals surface area (Å²) in [6.07, 6.45) is 1.17. The molecule has 2 aliphatic heterocycles. The van der Waals surface area contributed by atoms with E-state index < -0.39 is 5.60 Å². The summed E-state index contributed by atoms with van der Waals surface area (Å²) in [6.45, 7) is 6.84. The van der Waals surface area contributed by atoms with E-state index in [1.54, 1.807) is 4.90 Å². The summed E-state index contributed by atoms with van der Waals surface area (Å²) in [5.41, 5.74) is -0.464.